The largest absolute Gasteiger partial charge is 0.497 e. The van der Waals surface area contributed by atoms with Crippen LogP contribution in [-0.4, -0.2) is 24.2 Å². The molecule has 0 fully saturated rings. The van der Waals surface area contributed by atoms with Crippen LogP contribution >= 0.6 is 0 Å². The summed E-state index contributed by atoms with van der Waals surface area (Å²) in [5, 5.41) is 6.47. The van der Waals surface area contributed by atoms with Gasteiger partial charge in [0.15, 0.2) is 11.6 Å². The molecule has 0 amide bonds. The van der Waals surface area contributed by atoms with Crippen LogP contribution in [0.15, 0.2) is 42.7 Å². The van der Waals surface area contributed by atoms with E-state index >= 15 is 0 Å². The lowest BCUT2D eigenvalue weighted by Crippen LogP contribution is -2.06. The Morgan fingerprint density at radius 2 is 1.52 bits per heavy atom. The molecule has 0 unspecified atom stereocenters. The van der Waals surface area contributed by atoms with Crippen LogP contribution < -0.4 is 25.8 Å². The molecular formula is C20H23N5O2. The van der Waals surface area contributed by atoms with E-state index in [1.165, 1.54) is 11.9 Å². The first kappa shape index (κ1) is 18.3. The monoisotopic (exact) mass is 365 g/mol. The Morgan fingerprint density at radius 3 is 2.15 bits per heavy atom. The van der Waals surface area contributed by atoms with Gasteiger partial charge >= 0.3 is 0 Å². The molecule has 0 atom stereocenters. The maximum absolute atomic E-state index is 6.29. The maximum Gasteiger partial charge on any atom is 0.159 e. The fourth-order valence-electron chi connectivity index (χ4n) is 2.71. The molecule has 1 aromatic heterocycles. The van der Waals surface area contributed by atoms with E-state index in [4.69, 9.17) is 15.2 Å². The van der Waals surface area contributed by atoms with Crippen LogP contribution in [0.25, 0.3) is 0 Å². The van der Waals surface area contributed by atoms with E-state index in [0.717, 1.165) is 16.9 Å². The minimum absolute atomic E-state index is 0.412. The summed E-state index contributed by atoms with van der Waals surface area (Å²) in [6, 6.07) is 11.6. The van der Waals surface area contributed by atoms with Crippen LogP contribution in [0, 0.1) is 13.8 Å². The Morgan fingerprint density at radius 1 is 0.852 bits per heavy atom. The second-order valence-corrected chi connectivity index (χ2v) is 6.12. The first-order valence-electron chi connectivity index (χ1n) is 8.45. The summed E-state index contributed by atoms with van der Waals surface area (Å²) >= 11 is 0. The summed E-state index contributed by atoms with van der Waals surface area (Å²) in [6.45, 7) is 4.09. The summed E-state index contributed by atoms with van der Waals surface area (Å²) in [4.78, 5) is 8.53. The van der Waals surface area contributed by atoms with Crippen molar-refractivity contribution in [2.75, 3.05) is 30.6 Å². The topological polar surface area (TPSA) is 94.3 Å². The van der Waals surface area contributed by atoms with Crippen molar-refractivity contribution in [1.29, 1.82) is 0 Å². The average Bonchev–Trinajstić information content (AvgIpc) is 2.67. The number of aromatic nitrogens is 2. The third-order valence-electron chi connectivity index (χ3n) is 4.18. The molecule has 0 radical (unpaired) electrons. The van der Waals surface area contributed by atoms with Gasteiger partial charge in [0.25, 0.3) is 0 Å². The molecule has 0 spiro atoms. The normalized spacial score (nSPS) is 10.4. The molecule has 7 nitrogen and oxygen atoms in total. The predicted molar refractivity (Wildman–Crippen MR) is 108 cm³/mol. The third-order valence-corrected chi connectivity index (χ3v) is 4.18. The van der Waals surface area contributed by atoms with Crippen molar-refractivity contribution in [3.8, 4) is 11.5 Å². The SMILES string of the molecule is COc1ccc(Nc2ncnc(Nc3ccc(C)cc3C)c2N)c(OC)c1. The number of ether oxygens (including phenoxy) is 2. The van der Waals surface area contributed by atoms with Gasteiger partial charge < -0.3 is 25.8 Å². The molecule has 2 aromatic carbocycles. The summed E-state index contributed by atoms with van der Waals surface area (Å²) in [5.74, 6) is 2.34. The van der Waals surface area contributed by atoms with Crippen molar-refractivity contribution >= 4 is 28.7 Å². The van der Waals surface area contributed by atoms with Crippen LogP contribution in [0.5, 0.6) is 11.5 Å². The maximum atomic E-state index is 6.29. The quantitative estimate of drug-likeness (QED) is 0.603. The number of nitrogens with one attached hydrogen (secondary N) is 2. The van der Waals surface area contributed by atoms with E-state index < -0.39 is 0 Å². The number of nitrogens with zero attached hydrogens (tertiary/aromatic N) is 2. The van der Waals surface area contributed by atoms with Gasteiger partial charge in [0, 0.05) is 11.8 Å². The fraction of sp³-hybridized carbons (Fsp3) is 0.200. The van der Waals surface area contributed by atoms with Gasteiger partial charge in [-0.25, -0.2) is 9.97 Å². The van der Waals surface area contributed by atoms with Crippen LogP contribution in [0.3, 0.4) is 0 Å². The molecule has 7 heteroatoms. The second kappa shape index (κ2) is 7.82. The highest BCUT2D eigenvalue weighted by Gasteiger charge is 2.12. The van der Waals surface area contributed by atoms with E-state index in [1.54, 1.807) is 20.3 Å². The highest BCUT2D eigenvalue weighted by molar-refractivity contribution is 5.82. The zero-order valence-electron chi connectivity index (χ0n) is 15.8. The molecular weight excluding hydrogens is 342 g/mol. The molecule has 4 N–H and O–H groups in total. The molecule has 0 aliphatic carbocycles. The number of rotatable bonds is 6. The molecule has 0 bridgehead atoms. The van der Waals surface area contributed by atoms with Gasteiger partial charge in [-0.3, -0.25) is 0 Å². The molecule has 27 heavy (non-hydrogen) atoms. The Labute approximate surface area is 158 Å². The number of aryl methyl sites for hydroxylation is 2. The number of hydrogen-bond acceptors (Lipinski definition) is 7. The first-order valence-corrected chi connectivity index (χ1v) is 8.45. The summed E-state index contributed by atoms with van der Waals surface area (Å²) in [5.41, 5.74) is 10.7. The number of hydrogen-bond donors (Lipinski definition) is 3. The number of methoxy groups -OCH3 is 2. The average molecular weight is 365 g/mol. The lowest BCUT2D eigenvalue weighted by Gasteiger charge is -2.16. The van der Waals surface area contributed by atoms with Gasteiger partial charge in [-0.1, -0.05) is 17.7 Å². The third kappa shape index (κ3) is 4.03. The standard InChI is InChI=1S/C20H23N5O2/c1-12-5-7-15(13(2)9-12)24-19-18(21)20(23-11-22-19)25-16-8-6-14(26-3)10-17(16)27-4/h5-11H,21H2,1-4H3,(H2,22,23,24,25). The van der Waals surface area contributed by atoms with Gasteiger partial charge in [0.1, 0.15) is 23.5 Å². The number of anilines is 5. The number of nitrogen functional groups attached to an aromatic ring is 1. The van der Waals surface area contributed by atoms with Crippen molar-refractivity contribution in [2.45, 2.75) is 13.8 Å². The van der Waals surface area contributed by atoms with Gasteiger partial charge in [-0.2, -0.15) is 0 Å². The van der Waals surface area contributed by atoms with Gasteiger partial charge in [-0.05, 0) is 37.6 Å². The minimum atomic E-state index is 0.412. The van der Waals surface area contributed by atoms with Crippen LogP contribution in [0.1, 0.15) is 11.1 Å². The number of nitrogens with two attached hydrogens (primary N) is 1. The van der Waals surface area contributed by atoms with Crippen molar-refractivity contribution in [2.24, 2.45) is 0 Å². The highest BCUT2D eigenvalue weighted by atomic mass is 16.5. The van der Waals surface area contributed by atoms with Crippen LogP contribution in [0.4, 0.5) is 28.7 Å². The summed E-state index contributed by atoms with van der Waals surface area (Å²) in [7, 11) is 3.20. The molecule has 3 rings (SSSR count). The van der Waals surface area contributed by atoms with E-state index in [0.29, 0.717) is 28.8 Å². The zero-order chi connectivity index (χ0) is 19.4. The second-order valence-electron chi connectivity index (χ2n) is 6.12. The van der Waals surface area contributed by atoms with Gasteiger partial charge in [0.2, 0.25) is 0 Å². The lowest BCUT2D eigenvalue weighted by atomic mass is 10.1. The van der Waals surface area contributed by atoms with E-state index in [-0.39, 0.29) is 0 Å². The highest BCUT2D eigenvalue weighted by Crippen LogP contribution is 2.34. The molecule has 0 aliphatic rings. The van der Waals surface area contributed by atoms with Gasteiger partial charge in [-0.15, -0.1) is 0 Å². The van der Waals surface area contributed by atoms with Crippen molar-refractivity contribution in [3.63, 3.8) is 0 Å². The molecule has 0 aliphatic heterocycles. The minimum Gasteiger partial charge on any atom is -0.497 e. The van der Waals surface area contributed by atoms with E-state index in [1.807, 2.05) is 31.2 Å². The molecule has 0 saturated heterocycles. The summed E-state index contributed by atoms with van der Waals surface area (Å²) < 4.78 is 10.6. The van der Waals surface area contributed by atoms with E-state index in [2.05, 4.69) is 33.6 Å². The van der Waals surface area contributed by atoms with Crippen molar-refractivity contribution in [1.82, 2.24) is 9.97 Å². The molecule has 1 heterocycles. The Bertz CT molecular complexity index is 959. The van der Waals surface area contributed by atoms with Gasteiger partial charge in [0.05, 0.1) is 19.9 Å². The molecule has 0 saturated carbocycles. The Kier molecular flexibility index (Phi) is 5.30. The fourth-order valence-corrected chi connectivity index (χ4v) is 2.71. The summed E-state index contributed by atoms with van der Waals surface area (Å²) in [6.07, 6.45) is 1.46. The number of benzene rings is 2. The zero-order valence-corrected chi connectivity index (χ0v) is 15.8. The Balaban J connectivity index is 1.89. The van der Waals surface area contributed by atoms with Crippen molar-refractivity contribution in [3.05, 3.63) is 53.9 Å². The Hall–Kier alpha value is -3.48. The van der Waals surface area contributed by atoms with Crippen molar-refractivity contribution < 1.29 is 9.47 Å². The van der Waals surface area contributed by atoms with Crippen LogP contribution in [-0.2, 0) is 0 Å². The van der Waals surface area contributed by atoms with Crippen LogP contribution in [0.2, 0.25) is 0 Å². The lowest BCUT2D eigenvalue weighted by molar-refractivity contribution is 0.395. The molecule has 3 aromatic rings. The first-order chi connectivity index (χ1) is 13.0. The predicted octanol–water partition coefficient (Wildman–Crippen LogP) is 4.18. The molecule has 140 valence electrons. The van der Waals surface area contributed by atoms with E-state index in [9.17, 15) is 0 Å². The smallest absolute Gasteiger partial charge is 0.159 e.